The van der Waals surface area contributed by atoms with Crippen molar-refractivity contribution in [2.45, 2.75) is 37.8 Å². The largest absolute Gasteiger partial charge is 0.374 e. The summed E-state index contributed by atoms with van der Waals surface area (Å²) >= 11 is 0. The van der Waals surface area contributed by atoms with E-state index in [1.165, 1.54) is 25.8 Å². The van der Waals surface area contributed by atoms with E-state index in [2.05, 4.69) is 4.90 Å². The Morgan fingerprint density at radius 2 is 2.21 bits per heavy atom. The molecule has 1 saturated heterocycles. The topological polar surface area (TPSA) is 29.5 Å². The number of methoxy groups -OCH3 is 1. The van der Waals surface area contributed by atoms with E-state index in [1.807, 2.05) is 0 Å². The number of carbonyl (C=O) groups excluding carboxylic acids is 1. The molecule has 0 radical (unpaired) electrons. The fourth-order valence-electron chi connectivity index (χ4n) is 2.44. The molecule has 0 spiro atoms. The van der Waals surface area contributed by atoms with Gasteiger partial charge in [0.2, 0.25) is 0 Å². The van der Waals surface area contributed by atoms with Gasteiger partial charge in [0, 0.05) is 25.6 Å². The maximum Gasteiger partial charge on any atom is 0.149 e. The molecular weight excluding hydrogens is 178 g/mol. The van der Waals surface area contributed by atoms with Crippen LogP contribution >= 0.6 is 0 Å². The summed E-state index contributed by atoms with van der Waals surface area (Å²) in [6, 6.07) is 0.821. The van der Waals surface area contributed by atoms with E-state index in [0.29, 0.717) is 5.92 Å². The van der Waals surface area contributed by atoms with Crippen LogP contribution in [-0.4, -0.2) is 43.5 Å². The second-order valence-electron chi connectivity index (χ2n) is 4.46. The Balaban J connectivity index is 1.88. The van der Waals surface area contributed by atoms with Crippen molar-refractivity contribution in [3.63, 3.8) is 0 Å². The minimum Gasteiger partial charge on any atom is -0.374 e. The first kappa shape index (κ1) is 10.1. The zero-order valence-corrected chi connectivity index (χ0v) is 8.82. The molecule has 1 saturated carbocycles. The SMILES string of the molecule is COC(C=O)C1CCCN(C2CC2)C1. The van der Waals surface area contributed by atoms with Crippen LogP contribution in [0, 0.1) is 5.92 Å². The van der Waals surface area contributed by atoms with Crippen LogP contribution in [0.5, 0.6) is 0 Å². The first-order valence-corrected chi connectivity index (χ1v) is 5.57. The maximum atomic E-state index is 10.8. The van der Waals surface area contributed by atoms with Crippen LogP contribution in [0.1, 0.15) is 25.7 Å². The highest BCUT2D eigenvalue weighted by atomic mass is 16.5. The number of nitrogens with zero attached hydrogens (tertiary/aromatic N) is 1. The zero-order chi connectivity index (χ0) is 9.97. The highest BCUT2D eigenvalue weighted by molar-refractivity contribution is 5.56. The number of aldehydes is 1. The molecule has 1 aliphatic heterocycles. The van der Waals surface area contributed by atoms with E-state index in [4.69, 9.17) is 4.74 Å². The van der Waals surface area contributed by atoms with Crippen LogP contribution in [0.3, 0.4) is 0 Å². The highest BCUT2D eigenvalue weighted by Crippen LogP contribution is 2.31. The Morgan fingerprint density at radius 3 is 2.79 bits per heavy atom. The lowest BCUT2D eigenvalue weighted by Gasteiger charge is -2.34. The number of likely N-dealkylation sites (tertiary alicyclic amines) is 1. The quantitative estimate of drug-likeness (QED) is 0.631. The molecule has 80 valence electrons. The minimum absolute atomic E-state index is 0.184. The number of carbonyl (C=O) groups is 1. The van der Waals surface area contributed by atoms with Crippen LogP contribution in [0.15, 0.2) is 0 Å². The second-order valence-corrected chi connectivity index (χ2v) is 4.46. The first-order valence-electron chi connectivity index (χ1n) is 5.57. The number of piperidine rings is 1. The summed E-state index contributed by atoms with van der Waals surface area (Å²) in [5.41, 5.74) is 0. The molecule has 3 nitrogen and oxygen atoms in total. The van der Waals surface area contributed by atoms with Gasteiger partial charge in [0.25, 0.3) is 0 Å². The van der Waals surface area contributed by atoms with E-state index in [0.717, 1.165) is 25.3 Å². The molecule has 0 aromatic carbocycles. The second kappa shape index (κ2) is 4.41. The van der Waals surface area contributed by atoms with Gasteiger partial charge in [0.1, 0.15) is 12.4 Å². The Kier molecular flexibility index (Phi) is 3.19. The monoisotopic (exact) mass is 197 g/mol. The average Bonchev–Trinajstić information content (AvgIpc) is 3.03. The lowest BCUT2D eigenvalue weighted by Crippen LogP contribution is -2.42. The molecule has 14 heavy (non-hydrogen) atoms. The van der Waals surface area contributed by atoms with Gasteiger partial charge in [-0.1, -0.05) is 0 Å². The molecule has 2 aliphatic rings. The van der Waals surface area contributed by atoms with E-state index in [-0.39, 0.29) is 6.10 Å². The van der Waals surface area contributed by atoms with E-state index in [9.17, 15) is 4.79 Å². The van der Waals surface area contributed by atoms with Crippen LogP contribution in [0.2, 0.25) is 0 Å². The van der Waals surface area contributed by atoms with Crippen molar-refractivity contribution in [2.75, 3.05) is 20.2 Å². The van der Waals surface area contributed by atoms with Crippen molar-refractivity contribution in [3.8, 4) is 0 Å². The third-order valence-electron chi connectivity index (χ3n) is 3.42. The molecule has 0 aromatic rings. The summed E-state index contributed by atoms with van der Waals surface area (Å²) in [5.74, 6) is 0.423. The fraction of sp³-hybridized carbons (Fsp3) is 0.909. The molecule has 2 rings (SSSR count). The molecule has 0 bridgehead atoms. The predicted octanol–water partition coefficient (Wildman–Crippen LogP) is 1.07. The molecule has 1 heterocycles. The van der Waals surface area contributed by atoms with Crippen molar-refractivity contribution in [3.05, 3.63) is 0 Å². The van der Waals surface area contributed by atoms with Crippen molar-refractivity contribution < 1.29 is 9.53 Å². The predicted molar refractivity (Wildman–Crippen MR) is 54.2 cm³/mol. The van der Waals surface area contributed by atoms with Gasteiger partial charge in [-0.15, -0.1) is 0 Å². The normalized spacial score (nSPS) is 31.4. The molecule has 3 heteroatoms. The summed E-state index contributed by atoms with van der Waals surface area (Å²) in [6.45, 7) is 2.28. The van der Waals surface area contributed by atoms with Crippen LogP contribution in [-0.2, 0) is 9.53 Å². The summed E-state index contributed by atoms with van der Waals surface area (Å²) in [7, 11) is 1.63. The Hall–Kier alpha value is -0.410. The van der Waals surface area contributed by atoms with Gasteiger partial charge in [-0.05, 0) is 32.2 Å². The van der Waals surface area contributed by atoms with E-state index >= 15 is 0 Å². The lowest BCUT2D eigenvalue weighted by molar-refractivity contribution is -0.120. The zero-order valence-electron chi connectivity index (χ0n) is 8.82. The van der Waals surface area contributed by atoms with Gasteiger partial charge in [0.05, 0.1) is 0 Å². The third kappa shape index (κ3) is 2.15. The number of hydrogen-bond donors (Lipinski definition) is 0. The maximum absolute atomic E-state index is 10.8. The van der Waals surface area contributed by atoms with Crippen molar-refractivity contribution in [1.29, 1.82) is 0 Å². The average molecular weight is 197 g/mol. The van der Waals surface area contributed by atoms with Gasteiger partial charge in [-0.2, -0.15) is 0 Å². The molecule has 0 amide bonds. The van der Waals surface area contributed by atoms with Crippen LogP contribution in [0.25, 0.3) is 0 Å². The molecule has 1 aliphatic carbocycles. The van der Waals surface area contributed by atoms with Crippen molar-refractivity contribution in [2.24, 2.45) is 5.92 Å². The van der Waals surface area contributed by atoms with Crippen molar-refractivity contribution >= 4 is 6.29 Å². The molecule has 2 unspecified atom stereocenters. The van der Waals surface area contributed by atoms with Crippen LogP contribution in [0.4, 0.5) is 0 Å². The van der Waals surface area contributed by atoms with E-state index < -0.39 is 0 Å². The van der Waals surface area contributed by atoms with Gasteiger partial charge in [-0.3, -0.25) is 4.90 Å². The van der Waals surface area contributed by atoms with Gasteiger partial charge >= 0.3 is 0 Å². The number of hydrogen-bond acceptors (Lipinski definition) is 3. The Morgan fingerprint density at radius 1 is 1.43 bits per heavy atom. The van der Waals surface area contributed by atoms with Gasteiger partial charge in [-0.25, -0.2) is 0 Å². The number of ether oxygens (including phenoxy) is 1. The van der Waals surface area contributed by atoms with Crippen LogP contribution < -0.4 is 0 Å². The summed E-state index contributed by atoms with van der Waals surface area (Å²) < 4.78 is 5.19. The molecule has 2 atom stereocenters. The van der Waals surface area contributed by atoms with Crippen molar-refractivity contribution in [1.82, 2.24) is 4.90 Å². The molecule has 0 N–H and O–H groups in total. The Labute approximate surface area is 85.4 Å². The Bertz CT molecular complexity index is 203. The molecular formula is C11H19NO2. The smallest absolute Gasteiger partial charge is 0.149 e. The first-order chi connectivity index (χ1) is 6.85. The van der Waals surface area contributed by atoms with Gasteiger partial charge < -0.3 is 9.53 Å². The molecule has 0 aromatic heterocycles. The highest BCUT2D eigenvalue weighted by Gasteiger charge is 2.34. The number of rotatable bonds is 4. The summed E-state index contributed by atoms with van der Waals surface area (Å²) in [5, 5.41) is 0. The fourth-order valence-corrected chi connectivity index (χ4v) is 2.44. The third-order valence-corrected chi connectivity index (χ3v) is 3.42. The summed E-state index contributed by atoms with van der Waals surface area (Å²) in [6.07, 6.45) is 5.84. The van der Waals surface area contributed by atoms with Gasteiger partial charge in [0.15, 0.2) is 0 Å². The molecule has 2 fully saturated rings. The standard InChI is InChI=1S/C11H19NO2/c1-14-11(8-13)9-3-2-6-12(7-9)10-4-5-10/h8-11H,2-7H2,1H3. The lowest BCUT2D eigenvalue weighted by atomic mass is 9.93. The minimum atomic E-state index is -0.184. The van der Waals surface area contributed by atoms with E-state index in [1.54, 1.807) is 7.11 Å². The summed E-state index contributed by atoms with van der Waals surface area (Å²) in [4.78, 5) is 13.3.